The normalized spacial score (nSPS) is 16.6. The smallest absolute Gasteiger partial charge is 0.266 e. The topological polar surface area (TPSA) is 62.5 Å². The summed E-state index contributed by atoms with van der Waals surface area (Å²) in [5.41, 5.74) is 10.5. The van der Waals surface area contributed by atoms with E-state index in [0.29, 0.717) is 23.7 Å². The van der Waals surface area contributed by atoms with E-state index in [-0.39, 0.29) is 5.91 Å². The van der Waals surface area contributed by atoms with Crippen LogP contribution in [0.25, 0.3) is 10.2 Å². The second-order valence-corrected chi connectivity index (χ2v) is 8.84. The highest BCUT2D eigenvalue weighted by Gasteiger charge is 2.27. The highest BCUT2D eigenvalue weighted by atomic mass is 35.5. The zero-order valence-electron chi connectivity index (χ0n) is 15.4. The molecule has 144 valence electrons. The Morgan fingerprint density at radius 3 is 2.75 bits per heavy atom. The van der Waals surface area contributed by atoms with Crippen LogP contribution in [0.1, 0.15) is 27.3 Å². The van der Waals surface area contributed by atoms with Crippen LogP contribution in [0, 0.1) is 0 Å². The van der Waals surface area contributed by atoms with Crippen molar-refractivity contribution >= 4 is 50.4 Å². The van der Waals surface area contributed by atoms with Gasteiger partial charge in [-0.05, 0) is 49.1 Å². The first-order valence-corrected chi connectivity index (χ1v) is 10.8. The summed E-state index contributed by atoms with van der Waals surface area (Å²) in [6.07, 6.45) is 3.24. The first-order chi connectivity index (χ1) is 13.6. The molecule has 0 unspecified atom stereocenters. The number of benzene rings is 1. The van der Waals surface area contributed by atoms with Crippen LogP contribution in [0.5, 0.6) is 0 Å². The van der Waals surface area contributed by atoms with Crippen molar-refractivity contribution in [2.45, 2.75) is 19.3 Å². The maximum atomic E-state index is 13.1. The molecule has 2 aliphatic rings. The fraction of sp³-hybridized carbons (Fsp3) is 0.333. The first-order valence-electron chi connectivity index (χ1n) is 9.61. The predicted molar refractivity (Wildman–Crippen MR) is 116 cm³/mol. The van der Waals surface area contributed by atoms with Crippen LogP contribution < -0.4 is 10.6 Å². The van der Waals surface area contributed by atoms with Crippen molar-refractivity contribution in [3.8, 4) is 0 Å². The van der Waals surface area contributed by atoms with E-state index in [0.717, 1.165) is 53.3 Å². The van der Waals surface area contributed by atoms with Gasteiger partial charge in [0.15, 0.2) is 0 Å². The Morgan fingerprint density at radius 2 is 1.96 bits per heavy atom. The van der Waals surface area contributed by atoms with Gasteiger partial charge in [-0.3, -0.25) is 4.79 Å². The molecule has 7 heteroatoms. The number of nitrogens with two attached hydrogens (primary N) is 1. The zero-order valence-corrected chi connectivity index (χ0v) is 17.0. The lowest BCUT2D eigenvalue weighted by Crippen LogP contribution is -2.48. The molecule has 3 heterocycles. The van der Waals surface area contributed by atoms with Gasteiger partial charge in [0.1, 0.15) is 9.71 Å². The van der Waals surface area contributed by atoms with Crippen molar-refractivity contribution in [3.05, 3.63) is 51.5 Å². The van der Waals surface area contributed by atoms with Crippen molar-refractivity contribution in [1.29, 1.82) is 0 Å². The summed E-state index contributed by atoms with van der Waals surface area (Å²) in [4.78, 5) is 23.6. The summed E-state index contributed by atoms with van der Waals surface area (Å²) < 4.78 is 0. The molecule has 2 aromatic heterocycles. The number of halogens is 1. The number of fused-ring (bicyclic) bond motifs is 2. The maximum absolute atomic E-state index is 13.1. The lowest BCUT2D eigenvalue weighted by atomic mass is 10.1. The lowest BCUT2D eigenvalue weighted by molar-refractivity contribution is 0.0752. The highest BCUT2D eigenvalue weighted by Crippen LogP contribution is 2.36. The SMILES string of the molecule is Nc1c(C(=O)N2CCN(c3cccc(Cl)c3)CC2)sc2nc3c(cc12)CCC3. The van der Waals surface area contributed by atoms with Crippen molar-refractivity contribution in [2.24, 2.45) is 0 Å². The van der Waals surface area contributed by atoms with E-state index < -0.39 is 0 Å². The molecule has 0 radical (unpaired) electrons. The number of pyridine rings is 1. The fourth-order valence-electron chi connectivity index (χ4n) is 4.14. The minimum atomic E-state index is 0.0198. The van der Waals surface area contributed by atoms with Gasteiger partial charge in [-0.25, -0.2) is 4.98 Å². The molecular formula is C21H21ClN4OS. The van der Waals surface area contributed by atoms with Crippen molar-refractivity contribution < 1.29 is 4.79 Å². The molecule has 28 heavy (non-hydrogen) atoms. The number of hydrogen-bond donors (Lipinski definition) is 1. The Kier molecular flexibility index (Phi) is 4.40. The molecule has 1 amide bonds. The standard InChI is InChI=1S/C21H21ClN4OS/c22-14-4-2-5-15(12-14)25-7-9-26(10-8-25)21(27)19-18(23)16-11-13-3-1-6-17(13)24-20(16)28-19/h2,4-5,11-12H,1,3,6-10,23H2. The van der Waals surface area contributed by atoms with Crippen molar-refractivity contribution in [3.63, 3.8) is 0 Å². The van der Waals surface area contributed by atoms with Gasteiger partial charge >= 0.3 is 0 Å². The number of rotatable bonds is 2. The first kappa shape index (κ1) is 17.8. The molecule has 0 bridgehead atoms. The predicted octanol–water partition coefficient (Wildman–Crippen LogP) is 3.98. The molecule has 1 fully saturated rings. The molecule has 1 aliphatic carbocycles. The zero-order chi connectivity index (χ0) is 19.3. The molecule has 1 saturated heterocycles. The second kappa shape index (κ2) is 6.94. The summed E-state index contributed by atoms with van der Waals surface area (Å²) in [7, 11) is 0. The lowest BCUT2D eigenvalue weighted by Gasteiger charge is -2.36. The number of aromatic nitrogens is 1. The minimum Gasteiger partial charge on any atom is -0.397 e. The fourth-order valence-corrected chi connectivity index (χ4v) is 5.39. The average Bonchev–Trinajstić information content (AvgIpc) is 3.30. The second-order valence-electron chi connectivity index (χ2n) is 7.40. The van der Waals surface area contributed by atoms with Gasteiger partial charge in [-0.15, -0.1) is 11.3 Å². The number of anilines is 2. The largest absolute Gasteiger partial charge is 0.397 e. The summed E-state index contributed by atoms with van der Waals surface area (Å²) in [5.74, 6) is 0.0198. The van der Waals surface area contributed by atoms with Crippen LogP contribution in [0.15, 0.2) is 30.3 Å². The number of nitrogens with zero attached hydrogens (tertiary/aromatic N) is 3. The molecule has 2 N–H and O–H groups in total. The molecule has 1 aromatic carbocycles. The van der Waals surface area contributed by atoms with Crippen LogP contribution in [0.4, 0.5) is 11.4 Å². The van der Waals surface area contributed by atoms with Gasteiger partial charge in [0.2, 0.25) is 0 Å². The van der Waals surface area contributed by atoms with E-state index in [9.17, 15) is 4.79 Å². The number of piperazine rings is 1. The van der Waals surface area contributed by atoms with Gasteiger partial charge in [-0.1, -0.05) is 17.7 Å². The third-order valence-corrected chi connectivity index (χ3v) is 7.02. The number of amides is 1. The van der Waals surface area contributed by atoms with Gasteiger partial charge in [-0.2, -0.15) is 0 Å². The number of aryl methyl sites for hydroxylation is 2. The Hall–Kier alpha value is -2.31. The third-order valence-electron chi connectivity index (χ3n) is 5.68. The number of carbonyl (C=O) groups excluding carboxylic acids is 1. The average molecular weight is 413 g/mol. The number of carbonyl (C=O) groups is 1. The summed E-state index contributed by atoms with van der Waals surface area (Å²) >= 11 is 7.54. The molecule has 5 rings (SSSR count). The Morgan fingerprint density at radius 1 is 1.14 bits per heavy atom. The molecule has 1 aliphatic heterocycles. The van der Waals surface area contributed by atoms with E-state index in [4.69, 9.17) is 22.3 Å². The molecular weight excluding hydrogens is 392 g/mol. The number of hydrogen-bond acceptors (Lipinski definition) is 5. The Bertz CT molecular complexity index is 1070. The van der Waals surface area contributed by atoms with Crippen molar-refractivity contribution in [2.75, 3.05) is 36.8 Å². The van der Waals surface area contributed by atoms with E-state index >= 15 is 0 Å². The van der Waals surface area contributed by atoms with Crippen LogP contribution >= 0.6 is 22.9 Å². The maximum Gasteiger partial charge on any atom is 0.266 e. The van der Waals surface area contributed by atoms with E-state index in [2.05, 4.69) is 17.0 Å². The molecule has 0 saturated carbocycles. The van der Waals surface area contributed by atoms with E-state index in [1.807, 2.05) is 23.1 Å². The van der Waals surface area contributed by atoms with Crippen LogP contribution in [0.3, 0.4) is 0 Å². The summed E-state index contributed by atoms with van der Waals surface area (Å²) in [6.45, 7) is 2.90. The molecule has 0 atom stereocenters. The number of nitrogen functional groups attached to an aromatic ring is 1. The van der Waals surface area contributed by atoms with E-state index in [1.165, 1.54) is 22.6 Å². The molecule has 3 aromatic rings. The highest BCUT2D eigenvalue weighted by molar-refractivity contribution is 7.21. The number of thiophene rings is 1. The monoisotopic (exact) mass is 412 g/mol. The Labute approximate surface area is 172 Å². The van der Waals surface area contributed by atoms with Gasteiger partial charge in [0.05, 0.1) is 5.69 Å². The van der Waals surface area contributed by atoms with E-state index in [1.54, 1.807) is 0 Å². The van der Waals surface area contributed by atoms with Crippen LogP contribution in [0.2, 0.25) is 5.02 Å². The minimum absolute atomic E-state index is 0.0198. The molecule has 5 nitrogen and oxygen atoms in total. The van der Waals surface area contributed by atoms with Crippen LogP contribution in [-0.2, 0) is 12.8 Å². The van der Waals surface area contributed by atoms with Crippen LogP contribution in [-0.4, -0.2) is 42.0 Å². The molecule has 0 spiro atoms. The third kappa shape index (κ3) is 3.01. The van der Waals surface area contributed by atoms with Gasteiger partial charge in [0.25, 0.3) is 5.91 Å². The quantitative estimate of drug-likeness (QED) is 0.691. The summed E-state index contributed by atoms with van der Waals surface area (Å²) in [6, 6.07) is 9.99. The Balaban J connectivity index is 1.35. The summed E-state index contributed by atoms with van der Waals surface area (Å²) in [5, 5.41) is 1.67. The van der Waals surface area contributed by atoms with Gasteiger partial charge < -0.3 is 15.5 Å². The van der Waals surface area contributed by atoms with Gasteiger partial charge in [0, 0.05) is 48.0 Å². The van der Waals surface area contributed by atoms with Crippen molar-refractivity contribution in [1.82, 2.24) is 9.88 Å².